The molecule has 2 rings (SSSR count). The van der Waals surface area contributed by atoms with Gasteiger partial charge in [-0.15, -0.1) is 0 Å². The molecule has 1 aliphatic heterocycles. The Labute approximate surface area is 115 Å². The Morgan fingerprint density at radius 3 is 2.84 bits per heavy atom. The van der Waals surface area contributed by atoms with Gasteiger partial charge in [0.05, 0.1) is 6.10 Å². The summed E-state index contributed by atoms with van der Waals surface area (Å²) < 4.78 is 5.72. The number of nitrogens with one attached hydrogen (secondary N) is 1. The van der Waals surface area contributed by atoms with Crippen molar-refractivity contribution in [3.63, 3.8) is 0 Å². The molecule has 5 heteroatoms. The van der Waals surface area contributed by atoms with E-state index in [4.69, 9.17) is 4.74 Å². The predicted octanol–water partition coefficient (Wildman–Crippen LogP) is 2.09. The molecule has 1 aliphatic rings. The highest BCUT2D eigenvalue weighted by Gasteiger charge is 2.20. The van der Waals surface area contributed by atoms with Gasteiger partial charge in [0.1, 0.15) is 17.5 Å². The average Bonchev–Trinajstić information content (AvgIpc) is 2.97. The highest BCUT2D eigenvalue weighted by Crippen LogP contribution is 2.20. The standard InChI is InChI=1S/C14H24N4O/c1-4-12-16-13(15-3)9-14(17-12)18(5-2)10-11-7-6-8-19-11/h9,11H,4-8,10H2,1-3H3,(H,15,16,17). The average molecular weight is 264 g/mol. The number of aromatic nitrogens is 2. The first kappa shape index (κ1) is 14.1. The molecule has 0 amide bonds. The molecule has 106 valence electrons. The molecule has 1 aromatic rings. The number of rotatable bonds is 6. The van der Waals surface area contributed by atoms with E-state index in [-0.39, 0.29) is 0 Å². The number of hydrogen-bond acceptors (Lipinski definition) is 5. The van der Waals surface area contributed by atoms with Crippen LogP contribution in [-0.4, -0.2) is 42.8 Å². The van der Waals surface area contributed by atoms with E-state index < -0.39 is 0 Å². The quantitative estimate of drug-likeness (QED) is 0.852. The number of hydrogen-bond donors (Lipinski definition) is 1. The van der Waals surface area contributed by atoms with Crippen molar-refractivity contribution in [1.29, 1.82) is 0 Å². The van der Waals surface area contributed by atoms with E-state index in [9.17, 15) is 0 Å². The summed E-state index contributed by atoms with van der Waals surface area (Å²) in [6, 6.07) is 2.01. The van der Waals surface area contributed by atoms with Crippen molar-refractivity contribution >= 4 is 11.6 Å². The van der Waals surface area contributed by atoms with Crippen LogP contribution in [0.25, 0.3) is 0 Å². The second kappa shape index (κ2) is 6.70. The summed E-state index contributed by atoms with van der Waals surface area (Å²) >= 11 is 0. The van der Waals surface area contributed by atoms with Gasteiger partial charge < -0.3 is 15.0 Å². The molecule has 0 radical (unpaired) electrons. The van der Waals surface area contributed by atoms with Gasteiger partial charge in [0.15, 0.2) is 0 Å². The summed E-state index contributed by atoms with van der Waals surface area (Å²) in [7, 11) is 1.89. The van der Waals surface area contributed by atoms with E-state index >= 15 is 0 Å². The van der Waals surface area contributed by atoms with Crippen LogP contribution in [0.15, 0.2) is 6.07 Å². The summed E-state index contributed by atoms with van der Waals surface area (Å²) in [5.41, 5.74) is 0. The van der Waals surface area contributed by atoms with Crippen molar-refractivity contribution in [3.8, 4) is 0 Å². The van der Waals surface area contributed by atoms with Gasteiger partial charge in [0, 0.05) is 39.2 Å². The van der Waals surface area contributed by atoms with Gasteiger partial charge in [0.2, 0.25) is 0 Å². The molecule has 2 heterocycles. The largest absolute Gasteiger partial charge is 0.376 e. The minimum Gasteiger partial charge on any atom is -0.376 e. The molecule has 0 aromatic carbocycles. The second-order valence-corrected chi connectivity index (χ2v) is 4.80. The molecule has 19 heavy (non-hydrogen) atoms. The topological polar surface area (TPSA) is 50.3 Å². The predicted molar refractivity (Wildman–Crippen MR) is 77.8 cm³/mol. The molecule has 1 atom stereocenters. The van der Waals surface area contributed by atoms with Gasteiger partial charge in [-0.3, -0.25) is 0 Å². The maximum Gasteiger partial charge on any atom is 0.134 e. The molecular weight excluding hydrogens is 240 g/mol. The van der Waals surface area contributed by atoms with Crippen molar-refractivity contribution < 1.29 is 4.74 Å². The van der Waals surface area contributed by atoms with Crippen LogP contribution in [0.4, 0.5) is 11.6 Å². The Morgan fingerprint density at radius 2 is 2.26 bits per heavy atom. The smallest absolute Gasteiger partial charge is 0.134 e. The fraction of sp³-hybridized carbons (Fsp3) is 0.714. The Hall–Kier alpha value is -1.36. The molecule has 1 unspecified atom stereocenters. The number of likely N-dealkylation sites (N-methyl/N-ethyl adjacent to an activating group) is 1. The van der Waals surface area contributed by atoms with Gasteiger partial charge in [-0.25, -0.2) is 9.97 Å². The van der Waals surface area contributed by atoms with Crippen LogP contribution >= 0.6 is 0 Å². The molecule has 1 N–H and O–H groups in total. The lowest BCUT2D eigenvalue weighted by Crippen LogP contribution is -2.33. The van der Waals surface area contributed by atoms with E-state index in [1.165, 1.54) is 6.42 Å². The summed E-state index contributed by atoms with van der Waals surface area (Å²) in [5, 5.41) is 3.11. The zero-order chi connectivity index (χ0) is 13.7. The van der Waals surface area contributed by atoms with E-state index in [0.717, 1.165) is 50.0 Å². The van der Waals surface area contributed by atoms with Crippen molar-refractivity contribution in [3.05, 3.63) is 11.9 Å². The van der Waals surface area contributed by atoms with Crippen molar-refractivity contribution in [2.75, 3.05) is 37.0 Å². The fourth-order valence-corrected chi connectivity index (χ4v) is 2.35. The first-order valence-corrected chi connectivity index (χ1v) is 7.19. The molecule has 0 aliphatic carbocycles. The third-order valence-electron chi connectivity index (χ3n) is 3.49. The Bertz CT molecular complexity index is 382. The maximum absolute atomic E-state index is 5.72. The first-order chi connectivity index (χ1) is 9.26. The SMILES string of the molecule is CCc1nc(NC)cc(N(CC)CC2CCCO2)n1. The second-order valence-electron chi connectivity index (χ2n) is 4.80. The fourth-order valence-electron chi connectivity index (χ4n) is 2.35. The first-order valence-electron chi connectivity index (χ1n) is 7.19. The van der Waals surface area contributed by atoms with E-state index in [0.29, 0.717) is 6.10 Å². The highest BCUT2D eigenvalue weighted by molar-refractivity contribution is 5.49. The van der Waals surface area contributed by atoms with Crippen LogP contribution in [-0.2, 0) is 11.2 Å². The maximum atomic E-state index is 5.72. The van der Waals surface area contributed by atoms with Crippen LogP contribution in [0, 0.1) is 0 Å². The van der Waals surface area contributed by atoms with E-state index in [1.54, 1.807) is 0 Å². The van der Waals surface area contributed by atoms with Gasteiger partial charge in [-0.1, -0.05) is 6.92 Å². The lowest BCUT2D eigenvalue weighted by molar-refractivity contribution is 0.115. The van der Waals surface area contributed by atoms with Crippen LogP contribution < -0.4 is 10.2 Å². The Balaban J connectivity index is 2.15. The molecule has 1 aromatic heterocycles. The number of aryl methyl sites for hydroxylation is 1. The van der Waals surface area contributed by atoms with Crippen LogP contribution in [0.5, 0.6) is 0 Å². The van der Waals surface area contributed by atoms with Crippen LogP contribution in [0.3, 0.4) is 0 Å². The zero-order valence-electron chi connectivity index (χ0n) is 12.1. The third-order valence-corrected chi connectivity index (χ3v) is 3.49. The van der Waals surface area contributed by atoms with Crippen molar-refractivity contribution in [2.24, 2.45) is 0 Å². The Kier molecular flexibility index (Phi) is 4.96. The molecule has 0 bridgehead atoms. The zero-order valence-corrected chi connectivity index (χ0v) is 12.1. The summed E-state index contributed by atoms with van der Waals surface area (Å²) in [5.74, 6) is 2.76. The monoisotopic (exact) mass is 264 g/mol. The molecule has 1 fully saturated rings. The van der Waals surface area contributed by atoms with Gasteiger partial charge in [-0.2, -0.15) is 0 Å². The summed E-state index contributed by atoms with van der Waals surface area (Å²) in [6.07, 6.45) is 3.52. The molecule has 1 saturated heterocycles. The summed E-state index contributed by atoms with van der Waals surface area (Å²) in [6.45, 7) is 6.98. The lowest BCUT2D eigenvalue weighted by atomic mass is 10.2. The van der Waals surface area contributed by atoms with Crippen molar-refractivity contribution in [1.82, 2.24) is 9.97 Å². The summed E-state index contributed by atoms with van der Waals surface area (Å²) in [4.78, 5) is 11.3. The molecule has 5 nitrogen and oxygen atoms in total. The van der Waals surface area contributed by atoms with Gasteiger partial charge in [-0.05, 0) is 19.8 Å². The number of anilines is 2. The third kappa shape index (κ3) is 3.56. The van der Waals surface area contributed by atoms with Crippen molar-refractivity contribution in [2.45, 2.75) is 39.2 Å². The lowest BCUT2D eigenvalue weighted by Gasteiger charge is -2.25. The minimum atomic E-state index is 0.345. The van der Waals surface area contributed by atoms with E-state index in [2.05, 4.69) is 34.0 Å². The Morgan fingerprint density at radius 1 is 1.42 bits per heavy atom. The highest BCUT2D eigenvalue weighted by atomic mass is 16.5. The molecular formula is C14H24N4O. The minimum absolute atomic E-state index is 0.345. The number of nitrogens with zero attached hydrogens (tertiary/aromatic N) is 3. The normalized spacial score (nSPS) is 18.6. The molecule has 0 saturated carbocycles. The van der Waals surface area contributed by atoms with Crippen LogP contribution in [0.2, 0.25) is 0 Å². The number of ether oxygens (including phenoxy) is 1. The van der Waals surface area contributed by atoms with Gasteiger partial charge >= 0.3 is 0 Å². The van der Waals surface area contributed by atoms with Crippen LogP contribution in [0.1, 0.15) is 32.5 Å². The van der Waals surface area contributed by atoms with E-state index in [1.807, 2.05) is 13.1 Å². The molecule has 0 spiro atoms. The van der Waals surface area contributed by atoms with Gasteiger partial charge in [0.25, 0.3) is 0 Å².